The number of ketones is 1. The summed E-state index contributed by atoms with van der Waals surface area (Å²) in [4.78, 5) is 42.6. The smallest absolute Gasteiger partial charge is 0.272 e. The van der Waals surface area contributed by atoms with Gasteiger partial charge in [-0.1, -0.05) is 17.8 Å². The molecule has 4 rings (SSSR count). The number of Topliss-reactive ketones (excluding diaryl/α,β-unsaturated/α-hetero) is 1. The van der Waals surface area contributed by atoms with E-state index in [-0.39, 0.29) is 23.0 Å². The van der Waals surface area contributed by atoms with E-state index in [1.165, 1.54) is 34.9 Å². The second kappa shape index (κ2) is 9.59. The van der Waals surface area contributed by atoms with Crippen LogP contribution < -0.4 is 10.9 Å². The monoisotopic (exact) mass is 469 g/mol. The number of nitrogens with one attached hydrogen (secondary N) is 1. The molecule has 0 atom stereocenters. The summed E-state index contributed by atoms with van der Waals surface area (Å²) < 4.78 is 2.29. The van der Waals surface area contributed by atoms with E-state index in [0.29, 0.717) is 33.2 Å². The first-order chi connectivity index (χ1) is 15.0. The van der Waals surface area contributed by atoms with Crippen LogP contribution >= 0.6 is 34.4 Å². The summed E-state index contributed by atoms with van der Waals surface area (Å²) in [6.07, 6.45) is 0.735. The summed E-state index contributed by atoms with van der Waals surface area (Å²) in [5, 5.41) is 7.22. The molecule has 3 heterocycles. The summed E-state index contributed by atoms with van der Waals surface area (Å²) in [6, 6.07) is 12.6. The third-order valence-electron chi connectivity index (χ3n) is 4.60. The molecule has 0 aliphatic carbocycles. The van der Waals surface area contributed by atoms with Gasteiger partial charge in [-0.2, -0.15) is 0 Å². The normalized spacial score (nSPS) is 11.0. The number of hydrogen-bond donors (Lipinski definition) is 1. The summed E-state index contributed by atoms with van der Waals surface area (Å²) in [6.45, 7) is 2.01. The number of rotatable bonds is 8. The lowest BCUT2D eigenvalue weighted by atomic mass is 10.1. The van der Waals surface area contributed by atoms with Crippen LogP contribution in [0, 0.1) is 0 Å². The summed E-state index contributed by atoms with van der Waals surface area (Å²) >= 11 is 4.29. The van der Waals surface area contributed by atoms with Gasteiger partial charge < -0.3 is 5.32 Å². The Balaban J connectivity index is 1.48. The van der Waals surface area contributed by atoms with Gasteiger partial charge >= 0.3 is 0 Å². The Labute approximate surface area is 191 Å². The minimum Gasteiger partial charge on any atom is -0.325 e. The highest BCUT2D eigenvalue weighted by Gasteiger charge is 2.15. The standard InChI is InChI=1S/C22H19N3O3S3/c1-14(26)15-4-6-16(7-5-15)23-19(27)13-31-22-24-18-9-12-30-20(18)21(28)25(22)10-8-17-3-2-11-29-17/h2-7,9,11-12H,8,10,13H2,1H3,(H,23,27). The number of aryl methyl sites for hydroxylation is 1. The lowest BCUT2D eigenvalue weighted by Gasteiger charge is -2.12. The van der Waals surface area contributed by atoms with Crippen LogP contribution in [0.4, 0.5) is 5.69 Å². The summed E-state index contributed by atoms with van der Waals surface area (Å²) in [5.41, 5.74) is 1.80. The molecule has 0 saturated heterocycles. The molecule has 0 radical (unpaired) electrons. The Morgan fingerprint density at radius 1 is 1.10 bits per heavy atom. The van der Waals surface area contributed by atoms with Crippen LogP contribution in [-0.4, -0.2) is 27.0 Å². The van der Waals surface area contributed by atoms with Crippen LogP contribution in [0.3, 0.4) is 0 Å². The molecule has 0 unspecified atom stereocenters. The molecule has 0 spiro atoms. The zero-order valence-corrected chi connectivity index (χ0v) is 19.1. The Hall–Kier alpha value is -2.75. The Bertz CT molecular complexity index is 1280. The number of thiophene rings is 2. The van der Waals surface area contributed by atoms with E-state index in [1.54, 1.807) is 40.2 Å². The van der Waals surface area contributed by atoms with Gasteiger partial charge in [0.15, 0.2) is 10.9 Å². The lowest BCUT2D eigenvalue weighted by molar-refractivity contribution is -0.113. The first-order valence-corrected chi connectivity index (χ1v) is 12.3. The average molecular weight is 470 g/mol. The molecule has 3 aromatic heterocycles. The molecule has 1 amide bonds. The number of nitrogens with zero attached hydrogens (tertiary/aromatic N) is 2. The molecule has 0 aliphatic rings. The predicted molar refractivity (Wildman–Crippen MR) is 128 cm³/mol. The minimum absolute atomic E-state index is 0.0242. The average Bonchev–Trinajstić information content (AvgIpc) is 3.44. The van der Waals surface area contributed by atoms with Gasteiger partial charge in [0.2, 0.25) is 5.91 Å². The van der Waals surface area contributed by atoms with Crippen molar-refractivity contribution < 1.29 is 9.59 Å². The number of benzene rings is 1. The van der Waals surface area contributed by atoms with Gasteiger partial charge in [-0.3, -0.25) is 19.0 Å². The highest BCUT2D eigenvalue weighted by Crippen LogP contribution is 2.22. The number of aromatic nitrogens is 2. The molecule has 0 bridgehead atoms. The maximum atomic E-state index is 13.0. The molecular weight excluding hydrogens is 450 g/mol. The fourth-order valence-electron chi connectivity index (χ4n) is 3.02. The largest absolute Gasteiger partial charge is 0.325 e. The van der Waals surface area contributed by atoms with Crippen LogP contribution in [0.5, 0.6) is 0 Å². The fraction of sp³-hybridized carbons (Fsp3) is 0.182. The molecule has 0 fully saturated rings. The molecule has 0 saturated carbocycles. The molecule has 0 aliphatic heterocycles. The van der Waals surface area contributed by atoms with Crippen LogP contribution in [0.1, 0.15) is 22.2 Å². The molecular formula is C22H19N3O3S3. The van der Waals surface area contributed by atoms with Gasteiger partial charge in [0, 0.05) is 22.7 Å². The van der Waals surface area contributed by atoms with Crippen molar-refractivity contribution >= 4 is 62.0 Å². The van der Waals surface area contributed by atoms with Gasteiger partial charge in [0.05, 0.1) is 11.3 Å². The quantitative estimate of drug-likeness (QED) is 0.230. The van der Waals surface area contributed by atoms with Crippen molar-refractivity contribution in [1.82, 2.24) is 9.55 Å². The highest BCUT2D eigenvalue weighted by atomic mass is 32.2. The summed E-state index contributed by atoms with van der Waals surface area (Å²) in [7, 11) is 0. The van der Waals surface area contributed by atoms with Crippen molar-refractivity contribution in [3.8, 4) is 0 Å². The van der Waals surface area contributed by atoms with Crippen LogP contribution in [0.2, 0.25) is 0 Å². The van der Waals surface area contributed by atoms with Crippen molar-refractivity contribution in [2.45, 2.75) is 25.0 Å². The first-order valence-electron chi connectivity index (χ1n) is 9.55. The molecule has 9 heteroatoms. The van der Waals surface area contributed by atoms with Crippen LogP contribution in [0.25, 0.3) is 10.2 Å². The predicted octanol–water partition coefficient (Wildman–Crippen LogP) is 4.70. The molecule has 6 nitrogen and oxygen atoms in total. The second-order valence-electron chi connectivity index (χ2n) is 6.79. The maximum absolute atomic E-state index is 13.0. The number of fused-ring (bicyclic) bond motifs is 1. The zero-order chi connectivity index (χ0) is 21.8. The van der Waals surface area contributed by atoms with E-state index >= 15 is 0 Å². The second-order valence-corrected chi connectivity index (χ2v) is 9.68. The van der Waals surface area contributed by atoms with E-state index in [9.17, 15) is 14.4 Å². The van der Waals surface area contributed by atoms with Gasteiger partial charge in [0.1, 0.15) is 4.70 Å². The van der Waals surface area contributed by atoms with E-state index in [0.717, 1.165) is 6.42 Å². The summed E-state index contributed by atoms with van der Waals surface area (Å²) in [5.74, 6) is -0.107. The number of amides is 1. The van der Waals surface area contributed by atoms with Crippen molar-refractivity contribution in [3.05, 3.63) is 74.0 Å². The fourth-order valence-corrected chi connectivity index (χ4v) is 5.33. The van der Waals surface area contributed by atoms with Gasteiger partial charge in [-0.15, -0.1) is 22.7 Å². The molecule has 1 aromatic carbocycles. The van der Waals surface area contributed by atoms with E-state index in [1.807, 2.05) is 29.0 Å². The Morgan fingerprint density at radius 2 is 1.90 bits per heavy atom. The molecule has 1 N–H and O–H groups in total. The lowest BCUT2D eigenvalue weighted by Crippen LogP contribution is -2.24. The Morgan fingerprint density at radius 3 is 2.61 bits per heavy atom. The van der Waals surface area contributed by atoms with Gasteiger partial charge in [-0.05, 0) is 60.5 Å². The third kappa shape index (κ3) is 5.12. The van der Waals surface area contributed by atoms with Crippen molar-refractivity contribution in [1.29, 1.82) is 0 Å². The number of carbonyl (C=O) groups is 2. The van der Waals surface area contributed by atoms with Crippen molar-refractivity contribution in [2.24, 2.45) is 0 Å². The maximum Gasteiger partial charge on any atom is 0.272 e. The minimum atomic E-state index is -0.204. The SMILES string of the molecule is CC(=O)c1ccc(NC(=O)CSc2nc3ccsc3c(=O)n2CCc2cccs2)cc1. The number of hydrogen-bond acceptors (Lipinski definition) is 7. The molecule has 158 valence electrons. The van der Waals surface area contributed by atoms with Crippen LogP contribution in [0.15, 0.2) is 63.2 Å². The first kappa shape index (κ1) is 21.5. The van der Waals surface area contributed by atoms with Gasteiger partial charge in [0.25, 0.3) is 5.56 Å². The number of anilines is 1. The van der Waals surface area contributed by atoms with Crippen molar-refractivity contribution in [2.75, 3.05) is 11.1 Å². The zero-order valence-electron chi connectivity index (χ0n) is 16.7. The molecule has 31 heavy (non-hydrogen) atoms. The number of carbonyl (C=O) groups excluding carboxylic acids is 2. The van der Waals surface area contributed by atoms with Gasteiger partial charge in [-0.25, -0.2) is 4.98 Å². The van der Waals surface area contributed by atoms with E-state index in [2.05, 4.69) is 10.3 Å². The van der Waals surface area contributed by atoms with E-state index < -0.39 is 0 Å². The Kier molecular flexibility index (Phi) is 6.64. The topological polar surface area (TPSA) is 81.1 Å². The van der Waals surface area contributed by atoms with Crippen LogP contribution in [-0.2, 0) is 17.8 Å². The van der Waals surface area contributed by atoms with E-state index in [4.69, 9.17) is 0 Å². The highest BCUT2D eigenvalue weighted by molar-refractivity contribution is 7.99. The molecule has 4 aromatic rings. The third-order valence-corrected chi connectivity index (χ3v) is 7.40. The van der Waals surface area contributed by atoms with Crippen molar-refractivity contribution in [3.63, 3.8) is 0 Å². The number of thioether (sulfide) groups is 1.